The molecule has 2 aromatic rings. The molecule has 4 atom stereocenters. The number of allylic oxidation sites excluding steroid dienone is 2. The van der Waals surface area contributed by atoms with E-state index in [2.05, 4.69) is 21.7 Å². The maximum absolute atomic E-state index is 15.7. The topological polar surface area (TPSA) is 75.3 Å². The van der Waals surface area contributed by atoms with Gasteiger partial charge in [-0.05, 0) is 38.3 Å². The summed E-state index contributed by atoms with van der Waals surface area (Å²) in [6, 6.07) is 1.25. The van der Waals surface area contributed by atoms with Crippen LogP contribution in [-0.4, -0.2) is 68.8 Å². The Morgan fingerprint density at radius 3 is 2.91 bits per heavy atom. The van der Waals surface area contributed by atoms with Crippen LogP contribution in [0.4, 0.5) is 19.0 Å². The summed E-state index contributed by atoms with van der Waals surface area (Å²) in [4.78, 5) is 24.8. The van der Waals surface area contributed by atoms with E-state index >= 15 is 4.39 Å². The predicted octanol–water partition coefficient (Wildman–Crippen LogP) is 3.35. The minimum atomic E-state index is -1.61. The third kappa shape index (κ3) is 3.41. The second-order valence-corrected chi connectivity index (χ2v) is 8.91. The number of hydrogen-bond donors (Lipinski definition) is 0. The number of alkyl halides is 1. The van der Waals surface area contributed by atoms with Crippen LogP contribution >= 0.6 is 0 Å². The van der Waals surface area contributed by atoms with Gasteiger partial charge >= 0.3 is 0 Å². The van der Waals surface area contributed by atoms with E-state index in [0.29, 0.717) is 30.8 Å². The minimum Gasteiger partial charge on any atom is -0.353 e. The van der Waals surface area contributed by atoms with Crippen LogP contribution in [0.3, 0.4) is 0 Å². The van der Waals surface area contributed by atoms with E-state index < -0.39 is 35.6 Å². The number of fused-ring (bicyclic) bond motifs is 2. The van der Waals surface area contributed by atoms with Crippen LogP contribution in [0.5, 0.6) is 0 Å². The van der Waals surface area contributed by atoms with Crippen molar-refractivity contribution < 1.29 is 22.7 Å². The average Bonchev–Trinajstić information content (AvgIpc) is 3.48. The highest BCUT2D eigenvalue weighted by Crippen LogP contribution is 2.45. The number of nitrogens with zero attached hydrogens (tertiary/aromatic N) is 6. The van der Waals surface area contributed by atoms with Gasteiger partial charge in [0, 0.05) is 25.4 Å². The molecule has 5 rings (SSSR count). The lowest BCUT2D eigenvalue weighted by atomic mass is 9.88. The first-order chi connectivity index (χ1) is 16.2. The van der Waals surface area contributed by atoms with Crippen LogP contribution in [0.1, 0.15) is 33.1 Å². The van der Waals surface area contributed by atoms with E-state index in [1.54, 1.807) is 22.8 Å². The number of aliphatic imine (C=N–C) groups is 1. The van der Waals surface area contributed by atoms with E-state index in [1.165, 1.54) is 23.9 Å². The third-order valence-corrected chi connectivity index (χ3v) is 6.93. The number of rotatable bonds is 4. The fraction of sp³-hybridized carbons (Fsp3) is 0.478. The van der Waals surface area contributed by atoms with Gasteiger partial charge in [-0.1, -0.05) is 6.58 Å². The normalized spacial score (nSPS) is 30.0. The highest BCUT2D eigenvalue weighted by Gasteiger charge is 2.62. The number of carbonyl (C=O) groups excluding carboxylic acids is 1. The summed E-state index contributed by atoms with van der Waals surface area (Å²) in [6.07, 6.45) is 3.10. The van der Waals surface area contributed by atoms with Crippen molar-refractivity contribution in [2.24, 2.45) is 4.99 Å². The second kappa shape index (κ2) is 8.23. The smallest absolute Gasteiger partial charge is 0.260 e. The lowest BCUT2D eigenvalue weighted by Crippen LogP contribution is -2.59. The van der Waals surface area contributed by atoms with E-state index in [4.69, 9.17) is 4.74 Å². The molecular formula is C23H25F3N6O2. The summed E-state index contributed by atoms with van der Waals surface area (Å²) in [5.41, 5.74) is -0.748. The van der Waals surface area contributed by atoms with E-state index in [1.807, 2.05) is 0 Å². The molecule has 0 aliphatic carbocycles. The molecule has 11 heteroatoms. The average molecular weight is 474 g/mol. The summed E-state index contributed by atoms with van der Waals surface area (Å²) in [6.45, 7) is 7.08. The van der Waals surface area contributed by atoms with Crippen LogP contribution in [0.2, 0.25) is 0 Å². The van der Waals surface area contributed by atoms with Crippen molar-refractivity contribution in [1.82, 2.24) is 19.5 Å². The first-order valence-corrected chi connectivity index (χ1v) is 11.2. The molecule has 8 nitrogen and oxygen atoms in total. The summed E-state index contributed by atoms with van der Waals surface area (Å²) in [5.74, 6) is -0.875. The predicted molar refractivity (Wildman–Crippen MR) is 119 cm³/mol. The maximum atomic E-state index is 15.7. The molecule has 1 amide bonds. The molecular weight excluding hydrogens is 449 g/mol. The molecule has 0 radical (unpaired) electrons. The van der Waals surface area contributed by atoms with Crippen LogP contribution in [0.25, 0.3) is 5.65 Å². The molecule has 1 spiro atoms. The van der Waals surface area contributed by atoms with Crippen molar-refractivity contribution in [2.75, 3.05) is 18.0 Å². The molecule has 0 N–H and O–H groups in total. The molecule has 3 fully saturated rings. The summed E-state index contributed by atoms with van der Waals surface area (Å²) in [5, 5.41) is 4.00. The highest BCUT2D eigenvalue weighted by molar-refractivity contribution is 5.91. The molecule has 180 valence electrons. The summed E-state index contributed by atoms with van der Waals surface area (Å²) >= 11 is 0. The molecule has 0 aromatic carbocycles. The summed E-state index contributed by atoms with van der Waals surface area (Å²) in [7, 11) is 0. The summed E-state index contributed by atoms with van der Waals surface area (Å²) < 4.78 is 50.3. The zero-order valence-corrected chi connectivity index (χ0v) is 18.9. The number of piperidine rings is 1. The van der Waals surface area contributed by atoms with Gasteiger partial charge in [-0.15, -0.1) is 0 Å². The van der Waals surface area contributed by atoms with Crippen LogP contribution in [0, 0.1) is 5.82 Å². The van der Waals surface area contributed by atoms with Crippen molar-refractivity contribution in [3.8, 4) is 0 Å². The Morgan fingerprint density at radius 1 is 1.38 bits per heavy atom. The minimum absolute atomic E-state index is 0.0538. The van der Waals surface area contributed by atoms with Gasteiger partial charge in [-0.25, -0.2) is 18.2 Å². The van der Waals surface area contributed by atoms with Gasteiger partial charge in [-0.3, -0.25) is 9.79 Å². The molecule has 0 bridgehead atoms. The number of halogens is 3. The molecule has 3 aliphatic heterocycles. The van der Waals surface area contributed by atoms with E-state index in [9.17, 15) is 13.6 Å². The first-order valence-electron chi connectivity index (χ1n) is 11.2. The van der Waals surface area contributed by atoms with Gasteiger partial charge in [0.2, 0.25) is 0 Å². The molecule has 2 unspecified atom stereocenters. The van der Waals surface area contributed by atoms with Crippen LogP contribution in [-0.2, 0) is 9.53 Å². The van der Waals surface area contributed by atoms with Gasteiger partial charge in [0.25, 0.3) is 5.91 Å². The molecule has 5 heterocycles. The number of amides is 1. The molecule has 3 aliphatic rings. The van der Waals surface area contributed by atoms with Gasteiger partial charge in [0.05, 0.1) is 24.5 Å². The van der Waals surface area contributed by atoms with Crippen molar-refractivity contribution in [3.63, 3.8) is 0 Å². The second-order valence-electron chi connectivity index (χ2n) is 8.91. The number of anilines is 1. The Kier molecular flexibility index (Phi) is 5.46. The van der Waals surface area contributed by atoms with Gasteiger partial charge in [0.1, 0.15) is 17.9 Å². The highest BCUT2D eigenvalue weighted by atomic mass is 19.1. The quantitative estimate of drug-likeness (QED) is 0.636. The lowest BCUT2D eigenvalue weighted by molar-refractivity contribution is -0.148. The van der Waals surface area contributed by atoms with E-state index in [-0.39, 0.29) is 30.4 Å². The Labute approximate surface area is 194 Å². The Bertz CT molecular complexity index is 1220. The zero-order chi connectivity index (χ0) is 24.2. The molecule has 34 heavy (non-hydrogen) atoms. The van der Waals surface area contributed by atoms with Crippen molar-refractivity contribution in [2.45, 2.75) is 57.2 Å². The molecule has 0 saturated carbocycles. The largest absolute Gasteiger partial charge is 0.353 e. The van der Waals surface area contributed by atoms with Gasteiger partial charge in [0.15, 0.2) is 23.2 Å². The fourth-order valence-electron chi connectivity index (χ4n) is 4.96. The van der Waals surface area contributed by atoms with Crippen molar-refractivity contribution >= 4 is 23.6 Å². The standard InChI is InChI=1S/C23H25F3N6O2/c1-13(10-28-15(3)14(2)24)17-4-5-20-31(17)22(33)23(34-20)7-9-30(12-18(23)26)19-6-8-27-21-16(25)11-29-32(19)21/h6,8,10-11,17-18,20H,1,4-5,7,9,12H2,2-3H3/b15-14+,28-10?/t17-,18?,20+,23?/m0/s1. The van der Waals surface area contributed by atoms with Crippen molar-refractivity contribution in [3.05, 3.63) is 48.0 Å². The Morgan fingerprint density at radius 2 is 2.18 bits per heavy atom. The SMILES string of the molecule is C=C(C=N/C(C)=C(\C)F)[C@@H]1CC[C@H]2OC3(CCN(c4ccnc5c(F)cnn45)CC3F)C(=O)N21. The monoisotopic (exact) mass is 474 g/mol. The number of hydrogen-bond acceptors (Lipinski definition) is 6. The lowest BCUT2D eigenvalue weighted by Gasteiger charge is -2.40. The fourth-order valence-corrected chi connectivity index (χ4v) is 4.96. The van der Waals surface area contributed by atoms with Crippen LogP contribution < -0.4 is 4.90 Å². The van der Waals surface area contributed by atoms with Gasteiger partial charge in [-0.2, -0.15) is 9.61 Å². The molecule has 2 aromatic heterocycles. The van der Waals surface area contributed by atoms with E-state index in [0.717, 1.165) is 6.20 Å². The molecule has 3 saturated heterocycles. The number of carbonyl (C=O) groups is 1. The number of ether oxygens (including phenoxy) is 1. The Balaban J connectivity index is 1.35. The number of aromatic nitrogens is 3. The Hall–Kier alpha value is -3.21. The third-order valence-electron chi connectivity index (χ3n) is 6.93. The maximum Gasteiger partial charge on any atom is 0.260 e. The first kappa shape index (κ1) is 22.6. The zero-order valence-electron chi connectivity index (χ0n) is 18.9. The van der Waals surface area contributed by atoms with Crippen LogP contribution in [0.15, 0.2) is 47.1 Å². The van der Waals surface area contributed by atoms with Gasteiger partial charge < -0.3 is 14.5 Å². The van der Waals surface area contributed by atoms with Crippen molar-refractivity contribution in [1.29, 1.82) is 0 Å².